The second-order valence-corrected chi connectivity index (χ2v) is 7.06. The first kappa shape index (κ1) is 20.6. The molecule has 144 valence electrons. The molecule has 0 bridgehead atoms. The third-order valence-electron chi connectivity index (χ3n) is 4.33. The lowest BCUT2D eigenvalue weighted by Crippen LogP contribution is -2.43. The van der Waals surface area contributed by atoms with Crippen molar-refractivity contribution in [3.05, 3.63) is 57.6 Å². The largest absolute Gasteiger partial charge is 0.461 e. The Balaban J connectivity index is 2.36. The standard InChI is InChI=1S/C20H24N2O4S/c1-6-10-22(19(24)15-9-8-11-27-15)14(5)18(23)16-12(3)17(21-13(16)4)20(25)26-7-2/h6,8-9,11,14,21H,1,7,10H2,2-5H3/t14-/m0/s1. The number of ketones is 1. The highest BCUT2D eigenvalue weighted by Crippen LogP contribution is 2.23. The van der Waals surface area contributed by atoms with Crippen LogP contribution >= 0.6 is 11.3 Å². The van der Waals surface area contributed by atoms with Gasteiger partial charge >= 0.3 is 5.97 Å². The van der Waals surface area contributed by atoms with Gasteiger partial charge in [0, 0.05) is 17.8 Å². The summed E-state index contributed by atoms with van der Waals surface area (Å²) in [5, 5.41) is 1.82. The molecule has 27 heavy (non-hydrogen) atoms. The molecule has 1 N–H and O–H groups in total. The molecule has 2 aromatic rings. The van der Waals surface area contributed by atoms with Gasteiger partial charge in [-0.05, 0) is 44.7 Å². The van der Waals surface area contributed by atoms with Crippen LogP contribution in [-0.4, -0.2) is 46.7 Å². The molecule has 0 aliphatic heterocycles. The lowest BCUT2D eigenvalue weighted by molar-refractivity contribution is 0.0519. The Morgan fingerprint density at radius 3 is 2.63 bits per heavy atom. The Kier molecular flexibility index (Phi) is 6.74. The van der Waals surface area contributed by atoms with Gasteiger partial charge in [0.2, 0.25) is 0 Å². The number of ether oxygens (including phenoxy) is 1. The number of aryl methyl sites for hydroxylation is 1. The third-order valence-corrected chi connectivity index (χ3v) is 5.19. The van der Waals surface area contributed by atoms with E-state index in [9.17, 15) is 14.4 Å². The lowest BCUT2D eigenvalue weighted by Gasteiger charge is -2.27. The van der Waals surface area contributed by atoms with Gasteiger partial charge in [-0.3, -0.25) is 9.59 Å². The minimum Gasteiger partial charge on any atom is -0.461 e. The van der Waals surface area contributed by atoms with Gasteiger partial charge in [0.05, 0.1) is 17.5 Å². The number of aromatic amines is 1. The van der Waals surface area contributed by atoms with E-state index >= 15 is 0 Å². The molecule has 0 aliphatic rings. The molecular weight excluding hydrogens is 364 g/mol. The quantitative estimate of drug-likeness (QED) is 0.424. The van der Waals surface area contributed by atoms with Crippen molar-refractivity contribution in [1.29, 1.82) is 0 Å². The van der Waals surface area contributed by atoms with Gasteiger partial charge in [-0.1, -0.05) is 12.1 Å². The summed E-state index contributed by atoms with van der Waals surface area (Å²) in [5.41, 5.74) is 1.79. The Morgan fingerprint density at radius 2 is 2.07 bits per heavy atom. The molecule has 2 aromatic heterocycles. The first-order valence-corrected chi connectivity index (χ1v) is 9.57. The number of hydrogen-bond donors (Lipinski definition) is 1. The second-order valence-electron chi connectivity index (χ2n) is 6.11. The lowest BCUT2D eigenvalue weighted by atomic mass is 9.99. The van der Waals surface area contributed by atoms with Crippen molar-refractivity contribution < 1.29 is 19.1 Å². The van der Waals surface area contributed by atoms with E-state index in [0.717, 1.165) is 0 Å². The molecule has 0 radical (unpaired) electrons. The maximum absolute atomic E-state index is 13.2. The molecule has 0 saturated heterocycles. The van der Waals surface area contributed by atoms with E-state index < -0.39 is 12.0 Å². The van der Waals surface area contributed by atoms with E-state index in [1.165, 1.54) is 16.2 Å². The van der Waals surface area contributed by atoms with Gasteiger partial charge in [0.25, 0.3) is 5.91 Å². The Morgan fingerprint density at radius 1 is 1.37 bits per heavy atom. The van der Waals surface area contributed by atoms with Crippen LogP contribution in [0.25, 0.3) is 0 Å². The number of aromatic nitrogens is 1. The number of thiophene rings is 1. The van der Waals surface area contributed by atoms with Crippen molar-refractivity contribution >= 4 is 29.0 Å². The number of esters is 1. The molecule has 0 unspecified atom stereocenters. The molecule has 0 spiro atoms. The topological polar surface area (TPSA) is 79.5 Å². The van der Waals surface area contributed by atoms with Crippen molar-refractivity contribution in [2.45, 2.75) is 33.7 Å². The fourth-order valence-electron chi connectivity index (χ4n) is 2.98. The van der Waals surface area contributed by atoms with Gasteiger partial charge < -0.3 is 14.6 Å². The van der Waals surface area contributed by atoms with Crippen molar-refractivity contribution in [2.75, 3.05) is 13.2 Å². The van der Waals surface area contributed by atoms with E-state index in [4.69, 9.17) is 4.74 Å². The highest BCUT2D eigenvalue weighted by molar-refractivity contribution is 7.12. The summed E-state index contributed by atoms with van der Waals surface area (Å²) < 4.78 is 5.03. The van der Waals surface area contributed by atoms with E-state index in [1.807, 2.05) is 5.38 Å². The number of Topliss-reactive ketones (excluding diaryl/α,β-unsaturated/α-hetero) is 1. The number of nitrogens with one attached hydrogen (secondary N) is 1. The van der Waals surface area contributed by atoms with Crippen molar-refractivity contribution in [3.8, 4) is 0 Å². The zero-order valence-corrected chi connectivity index (χ0v) is 16.8. The fraction of sp³-hybridized carbons (Fsp3) is 0.350. The number of H-pyrrole nitrogens is 1. The average Bonchev–Trinajstić information content (AvgIpc) is 3.26. The summed E-state index contributed by atoms with van der Waals surface area (Å²) in [4.78, 5) is 43.0. The molecule has 1 amide bonds. The highest BCUT2D eigenvalue weighted by atomic mass is 32.1. The maximum Gasteiger partial charge on any atom is 0.355 e. The Labute approximate surface area is 162 Å². The molecule has 1 atom stereocenters. The SMILES string of the molecule is C=CCN(C(=O)c1cccs1)[C@@H](C)C(=O)c1c(C)[nH]c(C(=O)OCC)c1C. The summed E-state index contributed by atoms with van der Waals surface area (Å²) in [6.07, 6.45) is 1.59. The number of carbonyl (C=O) groups is 3. The predicted octanol–water partition coefficient (Wildman–Crippen LogP) is 3.77. The average molecular weight is 388 g/mol. The van der Waals surface area contributed by atoms with Crippen LogP contribution in [0.2, 0.25) is 0 Å². The molecule has 6 nitrogen and oxygen atoms in total. The zero-order valence-electron chi connectivity index (χ0n) is 16.0. The van der Waals surface area contributed by atoms with Crippen LogP contribution in [0, 0.1) is 13.8 Å². The van der Waals surface area contributed by atoms with Crippen molar-refractivity contribution in [1.82, 2.24) is 9.88 Å². The van der Waals surface area contributed by atoms with Crippen LogP contribution in [0.15, 0.2) is 30.2 Å². The molecular formula is C20H24N2O4S. The second kappa shape index (κ2) is 8.81. The van der Waals surface area contributed by atoms with Crippen LogP contribution in [0.3, 0.4) is 0 Å². The first-order valence-electron chi connectivity index (χ1n) is 8.69. The number of nitrogens with zero attached hydrogens (tertiary/aromatic N) is 1. The highest BCUT2D eigenvalue weighted by Gasteiger charge is 2.31. The predicted molar refractivity (Wildman–Crippen MR) is 106 cm³/mol. The van der Waals surface area contributed by atoms with E-state index in [2.05, 4.69) is 11.6 Å². The van der Waals surface area contributed by atoms with Gasteiger partial charge in [-0.15, -0.1) is 17.9 Å². The van der Waals surface area contributed by atoms with Crippen molar-refractivity contribution in [2.24, 2.45) is 0 Å². The fourth-order valence-corrected chi connectivity index (χ4v) is 3.65. The zero-order chi connectivity index (χ0) is 20.1. The molecule has 0 aromatic carbocycles. The summed E-state index contributed by atoms with van der Waals surface area (Å²) in [6, 6.07) is 2.81. The van der Waals surface area contributed by atoms with Crippen LogP contribution in [0.4, 0.5) is 0 Å². The summed E-state index contributed by atoms with van der Waals surface area (Å²) >= 11 is 1.33. The number of rotatable bonds is 8. The molecule has 0 fully saturated rings. The number of carbonyl (C=O) groups excluding carboxylic acids is 3. The van der Waals surface area contributed by atoms with E-state index in [-0.39, 0.29) is 30.5 Å². The van der Waals surface area contributed by atoms with Crippen LogP contribution < -0.4 is 0 Å². The Hall–Kier alpha value is -2.67. The normalized spacial score (nSPS) is 11.7. The van der Waals surface area contributed by atoms with Crippen LogP contribution in [0.5, 0.6) is 0 Å². The first-order chi connectivity index (χ1) is 12.8. The number of amides is 1. The third kappa shape index (κ3) is 4.19. The van der Waals surface area contributed by atoms with Gasteiger partial charge in [0.1, 0.15) is 5.69 Å². The summed E-state index contributed by atoms with van der Waals surface area (Å²) in [6.45, 7) is 11.0. The summed E-state index contributed by atoms with van der Waals surface area (Å²) in [7, 11) is 0. The molecule has 2 heterocycles. The van der Waals surface area contributed by atoms with Gasteiger partial charge in [-0.25, -0.2) is 4.79 Å². The van der Waals surface area contributed by atoms with Crippen LogP contribution in [-0.2, 0) is 4.74 Å². The molecule has 7 heteroatoms. The maximum atomic E-state index is 13.2. The minimum absolute atomic E-state index is 0.220. The molecule has 0 aliphatic carbocycles. The summed E-state index contributed by atoms with van der Waals surface area (Å²) in [5.74, 6) is -0.951. The van der Waals surface area contributed by atoms with Crippen LogP contribution in [0.1, 0.15) is 55.6 Å². The Bertz CT molecular complexity index is 852. The molecule has 2 rings (SSSR count). The minimum atomic E-state index is -0.708. The van der Waals surface area contributed by atoms with Gasteiger partial charge in [0.15, 0.2) is 5.78 Å². The monoisotopic (exact) mass is 388 g/mol. The van der Waals surface area contributed by atoms with E-state index in [0.29, 0.717) is 21.7 Å². The smallest absolute Gasteiger partial charge is 0.355 e. The van der Waals surface area contributed by atoms with Crippen molar-refractivity contribution in [3.63, 3.8) is 0 Å². The molecule has 0 saturated carbocycles. The number of hydrogen-bond acceptors (Lipinski definition) is 5. The van der Waals surface area contributed by atoms with Gasteiger partial charge in [-0.2, -0.15) is 0 Å². The van der Waals surface area contributed by atoms with E-state index in [1.54, 1.807) is 45.9 Å².